The Kier molecular flexibility index (Phi) is 7.83. The summed E-state index contributed by atoms with van der Waals surface area (Å²) in [5, 5.41) is 0. The zero-order chi connectivity index (χ0) is 20.8. The molecule has 0 spiro atoms. The molecule has 2 aliphatic rings. The van der Waals surface area contributed by atoms with Gasteiger partial charge in [0, 0.05) is 0 Å². The number of rotatable bonds is 5. The summed E-state index contributed by atoms with van der Waals surface area (Å²) < 4.78 is 19.5. The van der Waals surface area contributed by atoms with Gasteiger partial charge in [-0.05, 0) is 50.4 Å². The lowest BCUT2D eigenvalue weighted by atomic mass is 9.63. The lowest BCUT2D eigenvalue weighted by molar-refractivity contribution is -0.163. The third-order valence-corrected chi connectivity index (χ3v) is 6.46. The Morgan fingerprint density at radius 1 is 0.500 bits per heavy atom. The van der Waals surface area contributed by atoms with Crippen LogP contribution in [0.5, 0.6) is 0 Å². The lowest BCUT2D eigenvalue weighted by Crippen LogP contribution is -2.42. The normalized spacial score (nSPS) is 32.7. The van der Waals surface area contributed by atoms with Gasteiger partial charge in [0.05, 0.1) is 52.1 Å². The molecule has 0 saturated heterocycles. The van der Waals surface area contributed by atoms with Gasteiger partial charge in [-0.1, -0.05) is 0 Å². The molecule has 0 heterocycles. The van der Waals surface area contributed by atoms with Gasteiger partial charge in [0.25, 0.3) is 0 Å². The number of esters is 4. The Labute approximate surface area is 165 Å². The van der Waals surface area contributed by atoms with E-state index in [1.165, 1.54) is 28.4 Å². The number of methoxy groups -OCH3 is 4. The molecule has 0 aliphatic heterocycles. The largest absolute Gasteiger partial charge is 0.469 e. The van der Waals surface area contributed by atoms with E-state index in [2.05, 4.69) is 0 Å². The summed E-state index contributed by atoms with van der Waals surface area (Å²) in [6, 6.07) is 0. The molecule has 0 aromatic rings. The number of hydrogen-bond acceptors (Lipinski definition) is 8. The quantitative estimate of drug-likeness (QED) is 0.509. The van der Waals surface area contributed by atoms with E-state index in [9.17, 15) is 19.2 Å². The topological polar surface area (TPSA) is 105 Å². The molecule has 0 unspecified atom stereocenters. The Bertz CT molecular complexity index is 549. The molecule has 0 N–H and O–H groups in total. The molecule has 0 aromatic carbocycles. The summed E-state index contributed by atoms with van der Waals surface area (Å²) >= 11 is 0. The molecular formula is C20H30O8. The minimum Gasteiger partial charge on any atom is -0.469 e. The number of ether oxygens (including phenoxy) is 4. The Morgan fingerprint density at radius 3 is 1.07 bits per heavy atom. The molecule has 2 saturated carbocycles. The average Bonchev–Trinajstić information content (AvgIpc) is 2.75. The second-order valence-electron chi connectivity index (χ2n) is 7.66. The fourth-order valence-electron chi connectivity index (χ4n) is 4.95. The highest BCUT2D eigenvalue weighted by Crippen LogP contribution is 2.46. The minimum absolute atomic E-state index is 0.163. The summed E-state index contributed by atoms with van der Waals surface area (Å²) in [6.45, 7) is 0. The van der Waals surface area contributed by atoms with Crippen molar-refractivity contribution < 1.29 is 38.1 Å². The maximum Gasteiger partial charge on any atom is 0.309 e. The number of carbonyl (C=O) groups excluding carboxylic acids is 4. The van der Waals surface area contributed by atoms with Crippen LogP contribution in [0.2, 0.25) is 0 Å². The molecule has 0 bridgehead atoms. The van der Waals surface area contributed by atoms with Crippen molar-refractivity contribution in [2.45, 2.75) is 38.5 Å². The highest BCUT2D eigenvalue weighted by molar-refractivity contribution is 5.83. The number of hydrogen-bond donors (Lipinski definition) is 0. The van der Waals surface area contributed by atoms with E-state index in [0.29, 0.717) is 25.7 Å². The second kappa shape index (κ2) is 9.89. The smallest absolute Gasteiger partial charge is 0.309 e. The molecule has 6 atom stereocenters. The Morgan fingerprint density at radius 2 is 0.786 bits per heavy atom. The first-order valence-electron chi connectivity index (χ1n) is 9.69. The fourth-order valence-corrected chi connectivity index (χ4v) is 4.95. The van der Waals surface area contributed by atoms with Crippen LogP contribution in [0.4, 0.5) is 0 Å². The first-order chi connectivity index (χ1) is 13.4. The third-order valence-electron chi connectivity index (χ3n) is 6.46. The molecule has 2 rings (SSSR count). The van der Waals surface area contributed by atoms with Gasteiger partial charge in [-0.15, -0.1) is 0 Å². The van der Waals surface area contributed by atoms with Crippen LogP contribution in [0.25, 0.3) is 0 Å². The molecule has 2 aliphatic carbocycles. The maximum absolute atomic E-state index is 12.3. The molecule has 2 fully saturated rings. The van der Waals surface area contributed by atoms with Crippen LogP contribution >= 0.6 is 0 Å². The van der Waals surface area contributed by atoms with Crippen molar-refractivity contribution in [3.63, 3.8) is 0 Å². The Balaban J connectivity index is 2.14. The first kappa shape index (κ1) is 22.2. The van der Waals surface area contributed by atoms with Crippen molar-refractivity contribution in [2.24, 2.45) is 35.5 Å². The summed E-state index contributed by atoms with van der Waals surface area (Å²) in [7, 11) is 5.26. The predicted octanol–water partition coefficient (Wildman–Crippen LogP) is 1.74. The summed E-state index contributed by atoms with van der Waals surface area (Å²) in [5.41, 5.74) is 0. The Hall–Kier alpha value is -2.12. The van der Waals surface area contributed by atoms with E-state index < -0.39 is 47.5 Å². The van der Waals surface area contributed by atoms with Crippen LogP contribution in [0, 0.1) is 35.5 Å². The molecule has 8 heteroatoms. The zero-order valence-corrected chi connectivity index (χ0v) is 17.0. The third kappa shape index (κ3) is 4.64. The lowest BCUT2D eigenvalue weighted by Gasteiger charge is -2.41. The van der Waals surface area contributed by atoms with Gasteiger partial charge in [0.1, 0.15) is 0 Å². The zero-order valence-electron chi connectivity index (χ0n) is 17.0. The van der Waals surface area contributed by atoms with Crippen LogP contribution in [0.15, 0.2) is 0 Å². The van der Waals surface area contributed by atoms with E-state index in [1.807, 2.05) is 0 Å². The monoisotopic (exact) mass is 398 g/mol. The van der Waals surface area contributed by atoms with E-state index in [0.717, 1.165) is 12.8 Å². The van der Waals surface area contributed by atoms with Crippen molar-refractivity contribution >= 4 is 23.9 Å². The van der Waals surface area contributed by atoms with Crippen LogP contribution in [-0.4, -0.2) is 52.3 Å². The molecular weight excluding hydrogens is 368 g/mol. The van der Waals surface area contributed by atoms with Gasteiger partial charge in [-0.2, -0.15) is 0 Å². The molecule has 158 valence electrons. The van der Waals surface area contributed by atoms with Crippen LogP contribution in [0.3, 0.4) is 0 Å². The summed E-state index contributed by atoms with van der Waals surface area (Å²) in [5.74, 6) is -3.39. The van der Waals surface area contributed by atoms with Crippen LogP contribution in [-0.2, 0) is 38.1 Å². The van der Waals surface area contributed by atoms with E-state index >= 15 is 0 Å². The van der Waals surface area contributed by atoms with E-state index in [-0.39, 0.29) is 11.8 Å². The first-order valence-corrected chi connectivity index (χ1v) is 9.69. The molecule has 0 aromatic heterocycles. The summed E-state index contributed by atoms with van der Waals surface area (Å²) in [6.07, 6.45) is 3.61. The van der Waals surface area contributed by atoms with Gasteiger partial charge >= 0.3 is 23.9 Å². The van der Waals surface area contributed by atoms with Crippen LogP contribution < -0.4 is 0 Å². The van der Waals surface area contributed by atoms with Crippen molar-refractivity contribution in [3.8, 4) is 0 Å². The van der Waals surface area contributed by atoms with Gasteiger partial charge < -0.3 is 18.9 Å². The second-order valence-corrected chi connectivity index (χ2v) is 7.66. The highest BCUT2D eigenvalue weighted by atomic mass is 16.5. The maximum atomic E-state index is 12.3. The van der Waals surface area contributed by atoms with Crippen LogP contribution in [0.1, 0.15) is 38.5 Å². The highest BCUT2D eigenvalue weighted by Gasteiger charge is 2.47. The molecule has 28 heavy (non-hydrogen) atoms. The summed E-state index contributed by atoms with van der Waals surface area (Å²) in [4.78, 5) is 48.7. The van der Waals surface area contributed by atoms with Gasteiger partial charge in [-0.25, -0.2) is 0 Å². The van der Waals surface area contributed by atoms with E-state index in [1.54, 1.807) is 0 Å². The molecule has 0 radical (unpaired) electrons. The average molecular weight is 398 g/mol. The predicted molar refractivity (Wildman–Crippen MR) is 96.7 cm³/mol. The molecule has 0 amide bonds. The van der Waals surface area contributed by atoms with Crippen molar-refractivity contribution in [1.82, 2.24) is 0 Å². The van der Waals surface area contributed by atoms with Crippen molar-refractivity contribution in [3.05, 3.63) is 0 Å². The van der Waals surface area contributed by atoms with Gasteiger partial charge in [0.15, 0.2) is 0 Å². The molecule has 8 nitrogen and oxygen atoms in total. The fraction of sp³-hybridized carbons (Fsp3) is 0.800. The van der Waals surface area contributed by atoms with Crippen molar-refractivity contribution in [1.29, 1.82) is 0 Å². The van der Waals surface area contributed by atoms with Gasteiger partial charge in [-0.3, -0.25) is 19.2 Å². The van der Waals surface area contributed by atoms with E-state index in [4.69, 9.17) is 18.9 Å². The number of carbonyl (C=O) groups is 4. The van der Waals surface area contributed by atoms with Crippen molar-refractivity contribution in [2.75, 3.05) is 28.4 Å². The minimum atomic E-state index is -0.550. The van der Waals surface area contributed by atoms with Gasteiger partial charge in [0.2, 0.25) is 0 Å². The standard InChI is InChI=1S/C20H30O8/c1-25-17(21)13-7-5-11(9-15(13)19(23)27-3)12-6-8-14(18(22)26-2)16(10-12)20(24)28-4/h11-16H,5-10H2,1-4H3/t11-,12+,13+,14-,15-,16+. The SMILES string of the molecule is COC(=O)[C@H]1C[C@@H]([C@@H]2CC[C@H](C(=O)OC)[C@H](C(=O)OC)C2)CC[C@H]1C(=O)OC.